The summed E-state index contributed by atoms with van der Waals surface area (Å²) in [4.78, 5) is 0. The van der Waals surface area contributed by atoms with Gasteiger partial charge in [-0.15, -0.1) is 0 Å². The van der Waals surface area contributed by atoms with Gasteiger partial charge in [-0.1, -0.05) is 32.9 Å². The number of ether oxygens (including phenoxy) is 3. The maximum atomic E-state index is 10.6. The first-order valence-electron chi connectivity index (χ1n) is 8.71. The summed E-state index contributed by atoms with van der Waals surface area (Å²) in [6.45, 7) is 6.60. The summed E-state index contributed by atoms with van der Waals surface area (Å²) in [6.07, 6.45) is -0.425. The standard InChI is InChI=1S/C19H30O5/c1-5-14(10-20)17(21)13(3)18-12(2)11-23-19(24-18)15-6-8-16(22-4)9-7-15/h6-9,12-14,17-21H,5,10-11H2,1-4H3/t12-,13+,14-,17+,18+,19+/m1/s1. The number of hydrogen-bond acceptors (Lipinski definition) is 5. The number of rotatable bonds is 7. The van der Waals surface area contributed by atoms with Crippen molar-refractivity contribution in [3.63, 3.8) is 0 Å². The van der Waals surface area contributed by atoms with Crippen molar-refractivity contribution in [2.24, 2.45) is 17.8 Å². The first-order valence-corrected chi connectivity index (χ1v) is 8.71. The van der Waals surface area contributed by atoms with E-state index in [4.69, 9.17) is 14.2 Å². The van der Waals surface area contributed by atoms with E-state index in [1.165, 1.54) is 0 Å². The van der Waals surface area contributed by atoms with Crippen molar-refractivity contribution in [1.82, 2.24) is 0 Å². The first-order chi connectivity index (χ1) is 11.5. The minimum atomic E-state index is -0.595. The third-order valence-electron chi connectivity index (χ3n) is 5.04. The summed E-state index contributed by atoms with van der Waals surface area (Å²) in [5.41, 5.74) is 0.934. The van der Waals surface area contributed by atoms with E-state index in [9.17, 15) is 10.2 Å². The summed E-state index contributed by atoms with van der Waals surface area (Å²) in [7, 11) is 1.63. The van der Waals surface area contributed by atoms with Gasteiger partial charge in [0.2, 0.25) is 0 Å². The summed E-state index contributed by atoms with van der Waals surface area (Å²) in [5, 5.41) is 20.0. The highest BCUT2D eigenvalue weighted by Gasteiger charge is 2.38. The van der Waals surface area contributed by atoms with Gasteiger partial charge in [0.05, 0.1) is 25.9 Å². The molecule has 24 heavy (non-hydrogen) atoms. The summed E-state index contributed by atoms with van der Waals surface area (Å²) in [6, 6.07) is 7.62. The van der Waals surface area contributed by atoms with Crippen LogP contribution in [0.1, 0.15) is 39.0 Å². The van der Waals surface area contributed by atoms with Crippen LogP contribution in [0.15, 0.2) is 24.3 Å². The van der Waals surface area contributed by atoms with Gasteiger partial charge in [0, 0.05) is 29.9 Å². The van der Waals surface area contributed by atoms with Crippen LogP contribution in [0.4, 0.5) is 0 Å². The Kier molecular flexibility index (Phi) is 7.04. The number of hydrogen-bond donors (Lipinski definition) is 2. The van der Waals surface area contributed by atoms with Crippen molar-refractivity contribution in [3.05, 3.63) is 29.8 Å². The van der Waals surface area contributed by atoms with Crippen LogP contribution in [0.2, 0.25) is 0 Å². The first kappa shape index (κ1) is 19.2. The minimum Gasteiger partial charge on any atom is -0.497 e. The van der Waals surface area contributed by atoms with E-state index in [0.29, 0.717) is 6.61 Å². The van der Waals surface area contributed by atoms with Crippen LogP contribution in [-0.4, -0.2) is 42.7 Å². The van der Waals surface area contributed by atoms with Crippen LogP contribution in [0.3, 0.4) is 0 Å². The molecule has 0 bridgehead atoms. The van der Waals surface area contributed by atoms with Crippen molar-refractivity contribution >= 4 is 0 Å². The van der Waals surface area contributed by atoms with Crippen LogP contribution >= 0.6 is 0 Å². The zero-order chi connectivity index (χ0) is 17.7. The number of benzene rings is 1. The number of aliphatic hydroxyl groups excluding tert-OH is 2. The third-order valence-corrected chi connectivity index (χ3v) is 5.04. The molecule has 0 saturated carbocycles. The maximum Gasteiger partial charge on any atom is 0.184 e. The lowest BCUT2D eigenvalue weighted by Gasteiger charge is -2.41. The molecule has 1 aromatic carbocycles. The van der Waals surface area contributed by atoms with Gasteiger partial charge < -0.3 is 24.4 Å². The zero-order valence-corrected chi connectivity index (χ0v) is 15.0. The molecule has 1 heterocycles. The molecule has 2 rings (SSSR count). The Morgan fingerprint density at radius 3 is 2.50 bits per heavy atom. The van der Waals surface area contributed by atoms with Gasteiger partial charge in [-0.25, -0.2) is 0 Å². The molecule has 0 amide bonds. The predicted molar refractivity (Wildman–Crippen MR) is 91.8 cm³/mol. The van der Waals surface area contributed by atoms with Gasteiger partial charge in [-0.05, 0) is 18.6 Å². The molecule has 1 aliphatic rings. The van der Waals surface area contributed by atoms with E-state index in [1.807, 2.05) is 38.1 Å². The average molecular weight is 338 g/mol. The molecule has 1 aromatic rings. The van der Waals surface area contributed by atoms with Gasteiger partial charge in [0.15, 0.2) is 6.29 Å². The van der Waals surface area contributed by atoms with Gasteiger partial charge in [0.1, 0.15) is 5.75 Å². The Morgan fingerprint density at radius 2 is 1.96 bits per heavy atom. The molecule has 6 atom stereocenters. The molecule has 0 aromatic heterocycles. The molecule has 5 nitrogen and oxygen atoms in total. The van der Waals surface area contributed by atoms with Gasteiger partial charge in [-0.3, -0.25) is 0 Å². The van der Waals surface area contributed by atoms with Crippen LogP contribution in [-0.2, 0) is 9.47 Å². The SMILES string of the molecule is CC[C@H](CO)[C@@H](O)[C@H](C)[C@H]1O[C@@H](c2ccc(OC)cc2)OC[C@H]1C. The van der Waals surface area contributed by atoms with Crippen LogP contribution in [0.5, 0.6) is 5.75 Å². The fourth-order valence-corrected chi connectivity index (χ4v) is 3.33. The number of aliphatic hydroxyl groups is 2. The van der Waals surface area contributed by atoms with Crippen LogP contribution in [0, 0.1) is 17.8 Å². The van der Waals surface area contributed by atoms with E-state index in [-0.39, 0.29) is 30.5 Å². The molecule has 0 aliphatic carbocycles. The zero-order valence-electron chi connectivity index (χ0n) is 15.0. The third kappa shape index (κ3) is 4.28. The smallest absolute Gasteiger partial charge is 0.184 e. The Bertz CT molecular complexity index is 485. The van der Waals surface area contributed by atoms with E-state index < -0.39 is 12.4 Å². The van der Waals surface area contributed by atoms with Crippen molar-refractivity contribution in [2.75, 3.05) is 20.3 Å². The Morgan fingerprint density at radius 1 is 1.29 bits per heavy atom. The normalized spacial score (nSPS) is 28.2. The molecule has 0 spiro atoms. The fourth-order valence-electron chi connectivity index (χ4n) is 3.33. The Hall–Kier alpha value is -1.14. The van der Waals surface area contributed by atoms with Crippen molar-refractivity contribution in [3.8, 4) is 5.75 Å². The highest BCUT2D eigenvalue weighted by atomic mass is 16.7. The van der Waals surface area contributed by atoms with Crippen molar-refractivity contribution < 1.29 is 24.4 Å². The van der Waals surface area contributed by atoms with Crippen molar-refractivity contribution in [1.29, 1.82) is 0 Å². The van der Waals surface area contributed by atoms with Crippen LogP contribution < -0.4 is 4.74 Å². The van der Waals surface area contributed by atoms with E-state index in [2.05, 4.69) is 6.92 Å². The maximum absolute atomic E-state index is 10.6. The molecule has 1 fully saturated rings. The van der Waals surface area contributed by atoms with Crippen LogP contribution in [0.25, 0.3) is 0 Å². The largest absolute Gasteiger partial charge is 0.497 e. The van der Waals surface area contributed by atoms with E-state index in [1.54, 1.807) is 7.11 Å². The quantitative estimate of drug-likeness (QED) is 0.800. The second kappa shape index (κ2) is 8.81. The highest BCUT2D eigenvalue weighted by Crippen LogP contribution is 2.35. The molecule has 2 N–H and O–H groups in total. The van der Waals surface area contributed by atoms with E-state index >= 15 is 0 Å². The predicted octanol–water partition coefficient (Wildman–Crippen LogP) is 2.76. The van der Waals surface area contributed by atoms with Gasteiger partial charge in [-0.2, -0.15) is 0 Å². The number of methoxy groups -OCH3 is 1. The molecule has 0 radical (unpaired) electrons. The lowest BCUT2D eigenvalue weighted by molar-refractivity contribution is -0.257. The molecular formula is C19H30O5. The molecule has 136 valence electrons. The minimum absolute atomic E-state index is 0.0124. The molecule has 1 aliphatic heterocycles. The van der Waals surface area contributed by atoms with Gasteiger partial charge >= 0.3 is 0 Å². The summed E-state index contributed by atoms with van der Waals surface area (Å²) < 4.78 is 17.2. The van der Waals surface area contributed by atoms with Gasteiger partial charge in [0.25, 0.3) is 0 Å². The lowest BCUT2D eigenvalue weighted by Crippen LogP contribution is -2.45. The second-order valence-corrected chi connectivity index (χ2v) is 6.72. The van der Waals surface area contributed by atoms with E-state index in [0.717, 1.165) is 17.7 Å². The fraction of sp³-hybridized carbons (Fsp3) is 0.684. The molecule has 0 unspecified atom stereocenters. The summed E-state index contributed by atoms with van der Waals surface area (Å²) in [5.74, 6) is 0.761. The Balaban J connectivity index is 2.09. The second-order valence-electron chi connectivity index (χ2n) is 6.72. The summed E-state index contributed by atoms with van der Waals surface area (Å²) >= 11 is 0. The topological polar surface area (TPSA) is 68.2 Å². The van der Waals surface area contributed by atoms with Crippen molar-refractivity contribution in [2.45, 2.75) is 45.7 Å². The monoisotopic (exact) mass is 338 g/mol. The Labute approximate surface area is 144 Å². The highest BCUT2D eigenvalue weighted by molar-refractivity contribution is 5.28. The molecule has 5 heteroatoms. The molecule has 1 saturated heterocycles. The average Bonchev–Trinajstić information content (AvgIpc) is 2.62. The molecular weight excluding hydrogens is 308 g/mol. The lowest BCUT2D eigenvalue weighted by atomic mass is 9.82.